The Bertz CT molecular complexity index is 1290. The van der Waals surface area contributed by atoms with Gasteiger partial charge in [0.05, 0.1) is 19.3 Å². The van der Waals surface area contributed by atoms with Crippen molar-refractivity contribution in [3.63, 3.8) is 0 Å². The van der Waals surface area contributed by atoms with Crippen LogP contribution in [0.2, 0.25) is 0 Å². The molecule has 3 N–H and O–H groups in total. The highest BCUT2D eigenvalue weighted by Crippen LogP contribution is 2.23. The molecule has 0 saturated carbocycles. The van der Waals surface area contributed by atoms with Crippen LogP contribution in [0.5, 0.6) is 6.01 Å². The van der Waals surface area contributed by atoms with Crippen LogP contribution in [0.1, 0.15) is 29.8 Å². The van der Waals surface area contributed by atoms with Crippen LogP contribution in [-0.4, -0.2) is 91.4 Å². The lowest BCUT2D eigenvalue weighted by Crippen LogP contribution is -2.37. The van der Waals surface area contributed by atoms with Crippen molar-refractivity contribution < 1.29 is 19.1 Å². The van der Waals surface area contributed by atoms with E-state index < -0.39 is 0 Å². The first-order chi connectivity index (χ1) is 19.8. The van der Waals surface area contributed by atoms with Gasteiger partial charge in [0.2, 0.25) is 5.95 Å². The molecular formula is C29H38N8O4. The summed E-state index contributed by atoms with van der Waals surface area (Å²) >= 11 is 0. The monoisotopic (exact) mass is 562 g/mol. The quantitative estimate of drug-likeness (QED) is 0.323. The standard InChI is InChI=1S/C29H38N8O4/c1-20(2)41-29-34-25(33-27(35-29)37-15-17-40-18-16-37)22-9-11-24(12-10-22)32-28(39)31-19-21-5-7-23(8-6-21)26(38)30-13-14-36(3)4/h5-12,20H,13-19H2,1-4H3,(H,30,38)(H2,31,32,39). The first kappa shape index (κ1) is 29.7. The summed E-state index contributed by atoms with van der Waals surface area (Å²) in [6.45, 7) is 8.13. The molecule has 1 aromatic heterocycles. The van der Waals surface area contributed by atoms with Crippen molar-refractivity contribution in [1.29, 1.82) is 0 Å². The Morgan fingerprint density at radius 1 is 0.976 bits per heavy atom. The number of hydrogen-bond acceptors (Lipinski definition) is 9. The first-order valence-corrected chi connectivity index (χ1v) is 13.7. The van der Waals surface area contributed by atoms with Gasteiger partial charge in [-0.25, -0.2) is 4.79 Å². The third kappa shape index (κ3) is 9.12. The number of hydrogen-bond donors (Lipinski definition) is 3. The number of carbonyl (C=O) groups is 2. The smallest absolute Gasteiger partial charge is 0.322 e. The van der Waals surface area contributed by atoms with Gasteiger partial charge in [-0.3, -0.25) is 4.79 Å². The Morgan fingerprint density at radius 2 is 1.68 bits per heavy atom. The van der Waals surface area contributed by atoms with Crippen molar-refractivity contribution in [2.45, 2.75) is 26.5 Å². The molecule has 3 amide bonds. The lowest BCUT2D eigenvalue weighted by atomic mass is 10.1. The molecule has 1 saturated heterocycles. The maximum absolute atomic E-state index is 12.5. The molecule has 0 atom stereocenters. The van der Waals surface area contributed by atoms with Gasteiger partial charge in [0.1, 0.15) is 0 Å². The Labute approximate surface area is 240 Å². The number of nitrogens with zero attached hydrogens (tertiary/aromatic N) is 5. The average molecular weight is 563 g/mol. The van der Waals surface area contributed by atoms with Crippen LogP contribution in [0, 0.1) is 0 Å². The molecule has 0 aliphatic carbocycles. The van der Waals surface area contributed by atoms with Crippen molar-refractivity contribution in [3.05, 3.63) is 59.7 Å². The van der Waals surface area contributed by atoms with Gasteiger partial charge in [-0.2, -0.15) is 15.0 Å². The molecule has 0 spiro atoms. The van der Waals surface area contributed by atoms with E-state index in [1.165, 1.54) is 0 Å². The number of benzene rings is 2. The summed E-state index contributed by atoms with van der Waals surface area (Å²) in [5, 5.41) is 8.56. The average Bonchev–Trinajstić information content (AvgIpc) is 2.96. The largest absolute Gasteiger partial charge is 0.461 e. The molecule has 4 rings (SSSR count). The van der Waals surface area contributed by atoms with E-state index in [0.717, 1.165) is 17.7 Å². The molecule has 1 aliphatic rings. The van der Waals surface area contributed by atoms with Gasteiger partial charge in [-0.15, -0.1) is 0 Å². The molecule has 0 bridgehead atoms. The van der Waals surface area contributed by atoms with Crippen LogP contribution in [0.25, 0.3) is 11.4 Å². The molecule has 0 unspecified atom stereocenters. The normalized spacial score (nSPS) is 13.3. The van der Waals surface area contributed by atoms with E-state index in [2.05, 4.69) is 35.8 Å². The molecule has 2 aromatic carbocycles. The number of nitrogens with one attached hydrogen (secondary N) is 3. The lowest BCUT2D eigenvalue weighted by Gasteiger charge is -2.27. The summed E-state index contributed by atoms with van der Waals surface area (Å²) in [7, 11) is 3.91. The molecule has 2 heterocycles. The minimum Gasteiger partial charge on any atom is -0.461 e. The van der Waals surface area contributed by atoms with Crippen LogP contribution in [-0.2, 0) is 11.3 Å². The zero-order valence-corrected chi connectivity index (χ0v) is 24.0. The number of amides is 3. The Kier molecular flexibility index (Phi) is 10.4. The molecule has 3 aromatic rings. The molecule has 12 nitrogen and oxygen atoms in total. The van der Waals surface area contributed by atoms with Gasteiger partial charge in [-0.1, -0.05) is 12.1 Å². The number of anilines is 2. The second kappa shape index (κ2) is 14.4. The minimum atomic E-state index is -0.342. The summed E-state index contributed by atoms with van der Waals surface area (Å²) in [5.41, 5.74) is 2.85. The predicted molar refractivity (Wildman–Crippen MR) is 157 cm³/mol. The van der Waals surface area contributed by atoms with E-state index >= 15 is 0 Å². The number of rotatable bonds is 11. The third-order valence-electron chi connectivity index (χ3n) is 6.15. The molecule has 1 aliphatic heterocycles. The van der Waals surface area contributed by atoms with E-state index in [1.807, 2.05) is 57.1 Å². The highest BCUT2D eigenvalue weighted by atomic mass is 16.5. The number of urea groups is 1. The number of carbonyl (C=O) groups excluding carboxylic acids is 2. The first-order valence-electron chi connectivity index (χ1n) is 13.7. The minimum absolute atomic E-state index is 0.0802. The molecule has 0 radical (unpaired) electrons. The van der Waals surface area contributed by atoms with E-state index in [4.69, 9.17) is 9.47 Å². The second-order valence-electron chi connectivity index (χ2n) is 10.1. The van der Waals surface area contributed by atoms with E-state index in [0.29, 0.717) is 62.4 Å². The number of aromatic nitrogens is 3. The fourth-order valence-electron chi connectivity index (χ4n) is 3.97. The Morgan fingerprint density at radius 3 is 2.34 bits per heavy atom. The van der Waals surface area contributed by atoms with E-state index in [-0.39, 0.29) is 24.1 Å². The van der Waals surface area contributed by atoms with Crippen molar-refractivity contribution in [2.75, 3.05) is 63.7 Å². The van der Waals surface area contributed by atoms with E-state index in [9.17, 15) is 9.59 Å². The summed E-state index contributed by atoms with van der Waals surface area (Å²) in [6, 6.07) is 14.4. The summed E-state index contributed by atoms with van der Waals surface area (Å²) in [5.74, 6) is 0.919. The predicted octanol–water partition coefficient (Wildman–Crippen LogP) is 2.78. The highest BCUT2D eigenvalue weighted by Gasteiger charge is 2.18. The molecular weight excluding hydrogens is 524 g/mol. The van der Waals surface area contributed by atoms with Gasteiger partial charge in [0.25, 0.3) is 5.91 Å². The summed E-state index contributed by atoms with van der Waals surface area (Å²) < 4.78 is 11.2. The maximum atomic E-state index is 12.5. The van der Waals surface area contributed by atoms with Crippen molar-refractivity contribution >= 4 is 23.6 Å². The van der Waals surface area contributed by atoms with Crippen LogP contribution < -0.4 is 25.6 Å². The van der Waals surface area contributed by atoms with Gasteiger partial charge in [0.15, 0.2) is 5.82 Å². The third-order valence-corrected chi connectivity index (χ3v) is 6.15. The SMILES string of the molecule is CC(C)Oc1nc(-c2ccc(NC(=O)NCc3ccc(C(=O)NCCN(C)C)cc3)cc2)nc(N2CCOCC2)n1. The lowest BCUT2D eigenvalue weighted by molar-refractivity contribution is 0.0951. The fourth-order valence-corrected chi connectivity index (χ4v) is 3.97. The topological polar surface area (TPSA) is 134 Å². The molecule has 218 valence electrons. The van der Waals surface area contributed by atoms with Gasteiger partial charge < -0.3 is 35.2 Å². The van der Waals surface area contributed by atoms with Crippen LogP contribution in [0.15, 0.2) is 48.5 Å². The summed E-state index contributed by atoms with van der Waals surface area (Å²) in [4.78, 5) is 42.5. The van der Waals surface area contributed by atoms with Crippen LogP contribution >= 0.6 is 0 Å². The fraction of sp³-hybridized carbons (Fsp3) is 0.414. The second-order valence-corrected chi connectivity index (χ2v) is 10.1. The van der Waals surface area contributed by atoms with Gasteiger partial charge >= 0.3 is 12.0 Å². The highest BCUT2D eigenvalue weighted by molar-refractivity contribution is 5.94. The zero-order valence-electron chi connectivity index (χ0n) is 24.0. The van der Waals surface area contributed by atoms with Crippen molar-refractivity contribution in [3.8, 4) is 17.4 Å². The van der Waals surface area contributed by atoms with E-state index in [1.54, 1.807) is 24.3 Å². The van der Waals surface area contributed by atoms with Crippen molar-refractivity contribution in [2.24, 2.45) is 0 Å². The Balaban J connectivity index is 1.33. The Hall–Kier alpha value is -4.29. The maximum Gasteiger partial charge on any atom is 0.322 e. The zero-order chi connectivity index (χ0) is 29.2. The molecule has 12 heteroatoms. The van der Waals surface area contributed by atoms with Gasteiger partial charge in [-0.05, 0) is 69.9 Å². The number of likely N-dealkylation sites (N-methyl/N-ethyl adjacent to an activating group) is 1. The van der Waals surface area contributed by atoms with Gasteiger partial charge in [0, 0.05) is 49.5 Å². The summed E-state index contributed by atoms with van der Waals surface area (Å²) in [6.07, 6.45) is -0.0802. The number of morpholine rings is 1. The molecule has 1 fully saturated rings. The van der Waals surface area contributed by atoms with Crippen LogP contribution in [0.3, 0.4) is 0 Å². The van der Waals surface area contributed by atoms with Crippen molar-refractivity contribution in [1.82, 2.24) is 30.5 Å². The number of ether oxygens (including phenoxy) is 2. The van der Waals surface area contributed by atoms with Crippen LogP contribution in [0.4, 0.5) is 16.4 Å². The molecule has 41 heavy (non-hydrogen) atoms.